The summed E-state index contributed by atoms with van der Waals surface area (Å²) < 4.78 is 36.8. The third-order valence-electron chi connectivity index (χ3n) is 4.47. The zero-order valence-electron chi connectivity index (χ0n) is 15.8. The van der Waals surface area contributed by atoms with E-state index in [-0.39, 0.29) is 18.1 Å². The standard InChI is InChI=1S/C20H20BrNO6S/c1-2-29(25,26)22-9-8-14-10-15(6-7-18(14)22)19(23)12-28-20(24)13-27-17-5-3-4-16(21)11-17/h3-7,10-11H,2,8-9,12-13H2,1H3. The van der Waals surface area contributed by atoms with Crippen LogP contribution in [0.15, 0.2) is 46.9 Å². The summed E-state index contributed by atoms with van der Waals surface area (Å²) in [5.41, 5.74) is 1.76. The van der Waals surface area contributed by atoms with E-state index in [4.69, 9.17) is 9.47 Å². The van der Waals surface area contributed by atoms with Crippen LogP contribution in [0, 0.1) is 0 Å². The van der Waals surface area contributed by atoms with Gasteiger partial charge in [-0.1, -0.05) is 22.0 Å². The number of hydrogen-bond donors (Lipinski definition) is 0. The molecule has 0 amide bonds. The molecule has 0 bridgehead atoms. The number of esters is 1. The monoisotopic (exact) mass is 481 g/mol. The van der Waals surface area contributed by atoms with Crippen molar-refractivity contribution in [3.05, 3.63) is 58.1 Å². The summed E-state index contributed by atoms with van der Waals surface area (Å²) in [6.07, 6.45) is 0.538. The Morgan fingerprint density at radius 2 is 1.93 bits per heavy atom. The normalized spacial score (nSPS) is 13.1. The van der Waals surface area contributed by atoms with Gasteiger partial charge in [-0.2, -0.15) is 0 Å². The number of ketones is 1. The number of rotatable bonds is 8. The smallest absolute Gasteiger partial charge is 0.344 e. The van der Waals surface area contributed by atoms with E-state index < -0.39 is 22.6 Å². The van der Waals surface area contributed by atoms with Gasteiger partial charge in [-0.05, 0) is 55.3 Å². The molecule has 0 aromatic heterocycles. The maximum Gasteiger partial charge on any atom is 0.344 e. The topological polar surface area (TPSA) is 90.0 Å². The number of halogens is 1. The summed E-state index contributed by atoms with van der Waals surface area (Å²) in [6.45, 7) is 1.25. The Kier molecular flexibility index (Phi) is 6.59. The predicted molar refractivity (Wildman–Crippen MR) is 112 cm³/mol. The molecule has 1 aliphatic heterocycles. The number of anilines is 1. The number of carbonyl (C=O) groups is 2. The number of ether oxygens (including phenoxy) is 2. The highest BCUT2D eigenvalue weighted by molar-refractivity contribution is 9.10. The van der Waals surface area contributed by atoms with Crippen molar-refractivity contribution < 1.29 is 27.5 Å². The number of carbonyl (C=O) groups excluding carboxylic acids is 2. The largest absolute Gasteiger partial charge is 0.482 e. The Balaban J connectivity index is 1.55. The van der Waals surface area contributed by atoms with Crippen molar-refractivity contribution in [1.82, 2.24) is 0 Å². The van der Waals surface area contributed by atoms with Crippen LogP contribution in [0.25, 0.3) is 0 Å². The minimum Gasteiger partial charge on any atom is -0.482 e. The van der Waals surface area contributed by atoms with E-state index in [1.54, 1.807) is 43.3 Å². The molecule has 2 aromatic rings. The second-order valence-corrected chi connectivity index (χ2v) is 9.49. The number of hydrogen-bond acceptors (Lipinski definition) is 6. The van der Waals surface area contributed by atoms with Crippen LogP contribution in [0.1, 0.15) is 22.8 Å². The van der Waals surface area contributed by atoms with Crippen LogP contribution in [0.2, 0.25) is 0 Å². The second-order valence-electron chi connectivity index (χ2n) is 6.40. The number of fused-ring (bicyclic) bond motifs is 1. The van der Waals surface area contributed by atoms with Gasteiger partial charge in [0.2, 0.25) is 10.0 Å². The lowest BCUT2D eigenvalue weighted by Crippen LogP contribution is -2.30. The average Bonchev–Trinajstić information content (AvgIpc) is 3.14. The minimum atomic E-state index is -3.34. The molecule has 2 aromatic carbocycles. The summed E-state index contributed by atoms with van der Waals surface area (Å²) in [4.78, 5) is 24.2. The van der Waals surface area contributed by atoms with Crippen LogP contribution in [0.5, 0.6) is 5.75 Å². The first-order chi connectivity index (χ1) is 13.8. The molecule has 0 aliphatic carbocycles. The first-order valence-corrected chi connectivity index (χ1v) is 11.4. The molecule has 7 nitrogen and oxygen atoms in total. The van der Waals surface area contributed by atoms with Gasteiger partial charge in [-0.15, -0.1) is 0 Å². The summed E-state index contributed by atoms with van der Waals surface area (Å²) in [5.74, 6) is -0.488. The van der Waals surface area contributed by atoms with Crippen molar-refractivity contribution in [3.63, 3.8) is 0 Å². The van der Waals surface area contributed by atoms with E-state index in [9.17, 15) is 18.0 Å². The fourth-order valence-electron chi connectivity index (χ4n) is 2.96. The van der Waals surface area contributed by atoms with Gasteiger partial charge in [0.1, 0.15) is 5.75 Å². The third kappa shape index (κ3) is 5.16. The third-order valence-corrected chi connectivity index (χ3v) is 6.75. The zero-order chi connectivity index (χ0) is 21.0. The van der Waals surface area contributed by atoms with E-state index in [2.05, 4.69) is 15.9 Å². The molecule has 0 fully saturated rings. The van der Waals surface area contributed by atoms with Gasteiger partial charge in [0.05, 0.1) is 11.4 Å². The van der Waals surface area contributed by atoms with Gasteiger partial charge < -0.3 is 9.47 Å². The molecular formula is C20H20BrNO6S. The van der Waals surface area contributed by atoms with Gasteiger partial charge in [0.15, 0.2) is 19.0 Å². The van der Waals surface area contributed by atoms with E-state index in [0.717, 1.165) is 10.0 Å². The lowest BCUT2D eigenvalue weighted by molar-refractivity contribution is -0.144. The van der Waals surface area contributed by atoms with E-state index in [0.29, 0.717) is 30.0 Å². The Morgan fingerprint density at radius 1 is 1.14 bits per heavy atom. The van der Waals surface area contributed by atoms with Gasteiger partial charge in [-0.3, -0.25) is 9.10 Å². The van der Waals surface area contributed by atoms with E-state index in [1.165, 1.54) is 4.31 Å². The maximum absolute atomic E-state index is 12.3. The molecule has 29 heavy (non-hydrogen) atoms. The average molecular weight is 482 g/mol. The van der Waals surface area contributed by atoms with Crippen molar-refractivity contribution in [1.29, 1.82) is 0 Å². The number of Topliss-reactive ketones (excluding diaryl/α,β-unsaturated/α-hetero) is 1. The lowest BCUT2D eigenvalue weighted by Gasteiger charge is -2.18. The van der Waals surface area contributed by atoms with Crippen LogP contribution in [0.3, 0.4) is 0 Å². The second kappa shape index (κ2) is 8.96. The SMILES string of the molecule is CCS(=O)(=O)N1CCc2cc(C(=O)COC(=O)COc3cccc(Br)c3)ccc21. The summed E-state index contributed by atoms with van der Waals surface area (Å²) >= 11 is 3.31. The maximum atomic E-state index is 12.3. The van der Waals surface area contributed by atoms with Crippen LogP contribution < -0.4 is 9.04 Å². The number of sulfonamides is 1. The van der Waals surface area contributed by atoms with Crippen LogP contribution >= 0.6 is 15.9 Å². The molecule has 0 saturated heterocycles. The summed E-state index contributed by atoms with van der Waals surface area (Å²) in [5, 5.41) is 0. The number of benzene rings is 2. The van der Waals surface area contributed by atoms with Crippen molar-refractivity contribution in [2.24, 2.45) is 0 Å². The highest BCUT2D eigenvalue weighted by atomic mass is 79.9. The molecule has 0 saturated carbocycles. The Morgan fingerprint density at radius 3 is 2.66 bits per heavy atom. The summed E-state index contributed by atoms with van der Waals surface area (Å²) in [7, 11) is -3.34. The molecular weight excluding hydrogens is 462 g/mol. The predicted octanol–water partition coefficient (Wildman–Crippen LogP) is 2.97. The van der Waals surface area contributed by atoms with Crippen molar-refractivity contribution >= 4 is 43.4 Å². The molecule has 0 atom stereocenters. The molecule has 3 rings (SSSR count). The Bertz CT molecular complexity index is 1040. The lowest BCUT2D eigenvalue weighted by atomic mass is 10.1. The molecule has 0 unspecified atom stereocenters. The molecule has 9 heteroatoms. The Hall–Kier alpha value is -2.39. The minimum absolute atomic E-state index is 0.0189. The fraction of sp³-hybridized carbons (Fsp3) is 0.300. The number of nitrogens with zero attached hydrogens (tertiary/aromatic N) is 1. The molecule has 0 radical (unpaired) electrons. The van der Waals surface area contributed by atoms with Crippen LogP contribution in [-0.4, -0.2) is 45.7 Å². The molecule has 1 heterocycles. The van der Waals surface area contributed by atoms with Gasteiger partial charge >= 0.3 is 5.97 Å². The molecule has 154 valence electrons. The summed E-state index contributed by atoms with van der Waals surface area (Å²) in [6, 6.07) is 11.9. The van der Waals surface area contributed by atoms with Crippen LogP contribution in [0.4, 0.5) is 5.69 Å². The highest BCUT2D eigenvalue weighted by Gasteiger charge is 2.28. The highest BCUT2D eigenvalue weighted by Crippen LogP contribution is 2.31. The Labute approximate surface area is 177 Å². The van der Waals surface area contributed by atoms with E-state index >= 15 is 0 Å². The first kappa shape index (κ1) is 21.3. The quantitative estimate of drug-likeness (QED) is 0.425. The van der Waals surface area contributed by atoms with Crippen LogP contribution in [-0.2, 0) is 26.0 Å². The zero-order valence-corrected chi connectivity index (χ0v) is 18.2. The van der Waals surface area contributed by atoms with Crippen molar-refractivity contribution in [2.75, 3.05) is 29.8 Å². The molecule has 0 N–H and O–H groups in total. The van der Waals surface area contributed by atoms with E-state index in [1.807, 2.05) is 6.07 Å². The van der Waals surface area contributed by atoms with Crippen molar-refractivity contribution in [3.8, 4) is 5.75 Å². The molecule has 1 aliphatic rings. The first-order valence-electron chi connectivity index (χ1n) is 9.00. The fourth-order valence-corrected chi connectivity index (χ4v) is 4.50. The van der Waals surface area contributed by atoms with Gasteiger partial charge in [0, 0.05) is 16.6 Å². The van der Waals surface area contributed by atoms with Crippen molar-refractivity contribution in [2.45, 2.75) is 13.3 Å². The van der Waals surface area contributed by atoms with Gasteiger partial charge in [-0.25, -0.2) is 13.2 Å². The van der Waals surface area contributed by atoms with Gasteiger partial charge in [0.25, 0.3) is 0 Å². The molecule has 0 spiro atoms.